The Labute approximate surface area is 80.9 Å². The Morgan fingerprint density at radius 1 is 1.54 bits per heavy atom. The van der Waals surface area contributed by atoms with Gasteiger partial charge in [-0.1, -0.05) is 23.7 Å². The van der Waals surface area contributed by atoms with E-state index in [4.69, 9.17) is 21.4 Å². The van der Waals surface area contributed by atoms with Crippen LogP contribution in [0, 0.1) is 0 Å². The van der Waals surface area contributed by atoms with E-state index in [1.165, 1.54) is 6.92 Å². The van der Waals surface area contributed by atoms with Crippen LogP contribution in [0.5, 0.6) is 5.75 Å². The Bertz CT molecular complexity index is 311. The summed E-state index contributed by atoms with van der Waals surface area (Å²) in [5.74, 6) is -0.626. The lowest BCUT2D eigenvalue weighted by Gasteiger charge is -2.10. The Hall–Kier alpha value is -1.22. The van der Waals surface area contributed by atoms with Crippen LogP contribution in [0.2, 0.25) is 5.02 Å². The number of aliphatic carboxylic acids is 1. The molecule has 0 radical (unpaired) electrons. The second kappa shape index (κ2) is 4.14. The van der Waals surface area contributed by atoms with Crippen molar-refractivity contribution in [1.29, 1.82) is 0 Å². The summed E-state index contributed by atoms with van der Waals surface area (Å²) in [4.78, 5) is 10.4. The van der Waals surface area contributed by atoms with E-state index in [-0.39, 0.29) is 0 Å². The van der Waals surface area contributed by atoms with E-state index in [1.54, 1.807) is 24.3 Å². The topological polar surface area (TPSA) is 46.5 Å². The fourth-order valence-electron chi connectivity index (χ4n) is 0.781. The first-order chi connectivity index (χ1) is 6.11. The van der Waals surface area contributed by atoms with Crippen molar-refractivity contribution in [3.63, 3.8) is 0 Å². The van der Waals surface area contributed by atoms with Crippen LogP contribution in [-0.4, -0.2) is 17.2 Å². The Morgan fingerprint density at radius 2 is 2.15 bits per heavy atom. The van der Waals surface area contributed by atoms with Gasteiger partial charge in [-0.3, -0.25) is 0 Å². The molecule has 0 amide bonds. The number of carboxylic acid groups (broad SMARTS) is 1. The average molecular weight is 201 g/mol. The van der Waals surface area contributed by atoms with Gasteiger partial charge in [-0.05, 0) is 19.1 Å². The van der Waals surface area contributed by atoms with Crippen LogP contribution in [0.4, 0.5) is 0 Å². The quantitative estimate of drug-likeness (QED) is 0.814. The summed E-state index contributed by atoms with van der Waals surface area (Å²) in [7, 11) is 0. The predicted molar refractivity (Wildman–Crippen MR) is 49.2 cm³/mol. The van der Waals surface area contributed by atoms with Crippen molar-refractivity contribution in [2.24, 2.45) is 0 Å². The van der Waals surface area contributed by atoms with Crippen molar-refractivity contribution in [1.82, 2.24) is 0 Å². The lowest BCUT2D eigenvalue weighted by atomic mass is 10.3. The highest BCUT2D eigenvalue weighted by Gasteiger charge is 2.13. The number of halogens is 1. The summed E-state index contributed by atoms with van der Waals surface area (Å²) < 4.78 is 5.08. The summed E-state index contributed by atoms with van der Waals surface area (Å²) in [6.07, 6.45) is -0.889. The summed E-state index contributed by atoms with van der Waals surface area (Å²) in [5, 5.41) is 8.98. The van der Waals surface area contributed by atoms with Gasteiger partial charge in [0.1, 0.15) is 5.75 Å². The number of para-hydroxylation sites is 1. The molecule has 0 fully saturated rings. The minimum Gasteiger partial charge on any atom is -0.479 e. The van der Waals surface area contributed by atoms with Gasteiger partial charge in [0.05, 0.1) is 5.02 Å². The maximum Gasteiger partial charge on any atom is 0.344 e. The number of rotatable bonds is 3. The van der Waals surface area contributed by atoms with Crippen molar-refractivity contribution in [2.75, 3.05) is 0 Å². The molecule has 13 heavy (non-hydrogen) atoms. The van der Waals surface area contributed by atoms with Gasteiger partial charge < -0.3 is 9.84 Å². The zero-order valence-electron chi connectivity index (χ0n) is 7.03. The van der Waals surface area contributed by atoms with E-state index >= 15 is 0 Å². The molecular formula is C9H9ClO3. The smallest absolute Gasteiger partial charge is 0.344 e. The monoisotopic (exact) mass is 200 g/mol. The fourth-order valence-corrected chi connectivity index (χ4v) is 0.961. The Morgan fingerprint density at radius 3 is 2.69 bits per heavy atom. The number of carbonyl (C=O) groups is 1. The molecule has 1 aromatic carbocycles. The van der Waals surface area contributed by atoms with Crippen molar-refractivity contribution >= 4 is 17.6 Å². The molecule has 70 valence electrons. The molecule has 1 aromatic rings. The van der Waals surface area contributed by atoms with Crippen LogP contribution in [0.1, 0.15) is 6.92 Å². The molecule has 1 atom stereocenters. The third kappa shape index (κ3) is 2.63. The molecule has 0 saturated heterocycles. The highest BCUT2D eigenvalue weighted by Crippen LogP contribution is 2.24. The van der Waals surface area contributed by atoms with Crippen molar-refractivity contribution in [3.05, 3.63) is 29.3 Å². The van der Waals surface area contributed by atoms with Crippen LogP contribution in [0.3, 0.4) is 0 Å². The molecule has 0 saturated carbocycles. The SMILES string of the molecule is CC(Oc1ccccc1Cl)C(=O)O. The molecule has 1 rings (SSSR count). The molecular weight excluding hydrogens is 192 g/mol. The highest BCUT2D eigenvalue weighted by atomic mass is 35.5. The van der Waals surface area contributed by atoms with Crippen LogP contribution < -0.4 is 4.74 Å². The average Bonchev–Trinajstić information content (AvgIpc) is 2.08. The van der Waals surface area contributed by atoms with Gasteiger partial charge in [0.2, 0.25) is 0 Å². The Kier molecular flexibility index (Phi) is 3.14. The van der Waals surface area contributed by atoms with E-state index in [2.05, 4.69) is 0 Å². The molecule has 4 heteroatoms. The third-order valence-corrected chi connectivity index (χ3v) is 1.80. The van der Waals surface area contributed by atoms with Gasteiger partial charge in [-0.25, -0.2) is 4.79 Å². The summed E-state index contributed by atoms with van der Waals surface area (Å²) in [6, 6.07) is 6.75. The second-order valence-corrected chi connectivity index (χ2v) is 2.94. The molecule has 3 nitrogen and oxygen atoms in total. The van der Waals surface area contributed by atoms with E-state index in [1.807, 2.05) is 0 Å². The maximum absolute atomic E-state index is 10.4. The molecule has 0 heterocycles. The largest absolute Gasteiger partial charge is 0.479 e. The van der Waals surface area contributed by atoms with Crippen molar-refractivity contribution in [3.8, 4) is 5.75 Å². The van der Waals surface area contributed by atoms with Gasteiger partial charge in [0.25, 0.3) is 0 Å². The van der Waals surface area contributed by atoms with Gasteiger partial charge >= 0.3 is 5.97 Å². The number of carboxylic acids is 1. The van der Waals surface area contributed by atoms with Crippen LogP contribution in [0.15, 0.2) is 24.3 Å². The molecule has 1 N–H and O–H groups in total. The Balaban J connectivity index is 2.74. The van der Waals surface area contributed by atoms with Gasteiger partial charge in [-0.15, -0.1) is 0 Å². The van der Waals surface area contributed by atoms with Crippen LogP contribution in [-0.2, 0) is 4.79 Å². The number of hydrogen-bond acceptors (Lipinski definition) is 2. The third-order valence-electron chi connectivity index (χ3n) is 1.49. The van der Waals surface area contributed by atoms with Crippen LogP contribution >= 0.6 is 11.6 Å². The first-order valence-corrected chi connectivity index (χ1v) is 4.13. The molecule has 0 aliphatic rings. The van der Waals surface area contributed by atoms with E-state index in [0.717, 1.165) is 0 Å². The summed E-state index contributed by atoms with van der Waals surface area (Å²) in [6.45, 7) is 1.45. The van der Waals surface area contributed by atoms with Gasteiger partial charge in [0.15, 0.2) is 6.10 Å². The molecule has 0 bridgehead atoms. The standard InChI is InChI=1S/C9H9ClO3/c1-6(9(11)12)13-8-5-3-2-4-7(8)10/h2-6H,1H3,(H,11,12). The number of ether oxygens (including phenoxy) is 1. The number of hydrogen-bond donors (Lipinski definition) is 1. The van der Waals surface area contributed by atoms with Gasteiger partial charge in [0, 0.05) is 0 Å². The molecule has 1 unspecified atom stereocenters. The second-order valence-electron chi connectivity index (χ2n) is 2.53. The normalized spacial score (nSPS) is 12.2. The van der Waals surface area contributed by atoms with Crippen molar-refractivity contribution < 1.29 is 14.6 Å². The number of benzene rings is 1. The molecule has 0 spiro atoms. The molecule has 0 aliphatic heterocycles. The van der Waals surface area contributed by atoms with E-state index in [0.29, 0.717) is 10.8 Å². The minimum absolute atomic E-state index is 0.388. The van der Waals surface area contributed by atoms with Crippen LogP contribution in [0.25, 0.3) is 0 Å². The molecule has 0 aromatic heterocycles. The first kappa shape index (κ1) is 9.86. The predicted octanol–water partition coefficient (Wildman–Crippen LogP) is 2.19. The lowest BCUT2D eigenvalue weighted by molar-refractivity contribution is -0.144. The highest BCUT2D eigenvalue weighted by molar-refractivity contribution is 6.32. The summed E-state index contributed by atoms with van der Waals surface area (Å²) >= 11 is 5.76. The zero-order valence-corrected chi connectivity index (χ0v) is 7.78. The first-order valence-electron chi connectivity index (χ1n) is 3.75. The fraction of sp³-hybridized carbons (Fsp3) is 0.222. The zero-order chi connectivity index (χ0) is 9.84. The van der Waals surface area contributed by atoms with Gasteiger partial charge in [-0.2, -0.15) is 0 Å². The molecule has 0 aliphatic carbocycles. The summed E-state index contributed by atoms with van der Waals surface area (Å²) in [5.41, 5.74) is 0. The van der Waals surface area contributed by atoms with Crippen molar-refractivity contribution in [2.45, 2.75) is 13.0 Å². The lowest BCUT2D eigenvalue weighted by Crippen LogP contribution is -2.22. The maximum atomic E-state index is 10.4. The van der Waals surface area contributed by atoms with E-state index in [9.17, 15) is 4.79 Å². The van der Waals surface area contributed by atoms with E-state index < -0.39 is 12.1 Å². The minimum atomic E-state index is -1.01.